The van der Waals surface area contributed by atoms with E-state index in [1.54, 1.807) is 4.68 Å². The van der Waals surface area contributed by atoms with Crippen LogP contribution in [0.5, 0.6) is 0 Å². The molecular formula is C9H10N4O2. The van der Waals surface area contributed by atoms with Crippen molar-refractivity contribution in [3.63, 3.8) is 0 Å². The summed E-state index contributed by atoms with van der Waals surface area (Å²) in [5.41, 5.74) is 1.95. The third kappa shape index (κ3) is 1.93. The van der Waals surface area contributed by atoms with Gasteiger partial charge in [0.2, 0.25) is 11.7 Å². The molecule has 0 spiro atoms. The molecule has 0 N–H and O–H groups in total. The molecule has 0 saturated heterocycles. The number of aldehydes is 1. The lowest BCUT2D eigenvalue weighted by Crippen LogP contribution is -2.04. The number of aromatic nitrogens is 4. The summed E-state index contributed by atoms with van der Waals surface area (Å²) >= 11 is 0. The first-order valence-corrected chi connectivity index (χ1v) is 4.48. The molecule has 0 aliphatic heterocycles. The number of hydrogen-bond donors (Lipinski definition) is 0. The largest absolute Gasteiger partial charge is 0.337 e. The van der Waals surface area contributed by atoms with Crippen LogP contribution >= 0.6 is 0 Å². The van der Waals surface area contributed by atoms with Crippen molar-refractivity contribution in [3.05, 3.63) is 29.2 Å². The summed E-state index contributed by atoms with van der Waals surface area (Å²) in [6, 6.07) is 1.96. The highest BCUT2D eigenvalue weighted by Gasteiger charge is 2.08. The van der Waals surface area contributed by atoms with E-state index >= 15 is 0 Å². The zero-order valence-corrected chi connectivity index (χ0v) is 8.47. The van der Waals surface area contributed by atoms with Crippen LogP contribution in [0.15, 0.2) is 10.6 Å². The Labute approximate surface area is 85.9 Å². The molecule has 6 heteroatoms. The average molecular weight is 206 g/mol. The van der Waals surface area contributed by atoms with E-state index in [9.17, 15) is 4.79 Å². The van der Waals surface area contributed by atoms with Gasteiger partial charge in [0.15, 0.2) is 6.29 Å². The van der Waals surface area contributed by atoms with Crippen LogP contribution in [-0.4, -0.2) is 26.2 Å². The van der Waals surface area contributed by atoms with Crippen LogP contribution in [0, 0.1) is 13.8 Å². The van der Waals surface area contributed by atoms with Gasteiger partial charge in [0.05, 0.1) is 5.69 Å². The molecule has 0 aliphatic carbocycles. The van der Waals surface area contributed by atoms with Crippen molar-refractivity contribution in [2.75, 3.05) is 0 Å². The van der Waals surface area contributed by atoms with Gasteiger partial charge >= 0.3 is 0 Å². The van der Waals surface area contributed by atoms with Gasteiger partial charge in [0, 0.05) is 5.69 Å². The fraction of sp³-hybridized carbons (Fsp3) is 0.333. The van der Waals surface area contributed by atoms with Crippen LogP contribution in [0.4, 0.5) is 0 Å². The Morgan fingerprint density at radius 1 is 1.53 bits per heavy atom. The molecule has 2 heterocycles. The lowest BCUT2D eigenvalue weighted by atomic mass is 10.4. The lowest BCUT2D eigenvalue weighted by Gasteiger charge is -1.98. The maximum atomic E-state index is 10.3. The number of rotatable bonds is 3. The number of nitrogens with zero attached hydrogens (tertiary/aromatic N) is 4. The molecule has 0 bridgehead atoms. The van der Waals surface area contributed by atoms with Gasteiger partial charge in [-0.2, -0.15) is 10.1 Å². The highest BCUT2D eigenvalue weighted by atomic mass is 16.5. The fourth-order valence-electron chi connectivity index (χ4n) is 1.34. The van der Waals surface area contributed by atoms with E-state index in [1.165, 1.54) is 0 Å². The van der Waals surface area contributed by atoms with Crippen molar-refractivity contribution in [1.29, 1.82) is 0 Å². The summed E-state index contributed by atoms with van der Waals surface area (Å²) in [5, 5.41) is 7.71. The van der Waals surface area contributed by atoms with Crippen molar-refractivity contribution in [3.8, 4) is 0 Å². The normalized spacial score (nSPS) is 10.5. The van der Waals surface area contributed by atoms with E-state index in [1.807, 2.05) is 19.9 Å². The molecule has 0 unspecified atom stereocenters. The van der Waals surface area contributed by atoms with Crippen molar-refractivity contribution in [2.45, 2.75) is 20.4 Å². The van der Waals surface area contributed by atoms with Gasteiger partial charge in [0.25, 0.3) is 0 Å². The Morgan fingerprint density at radius 3 is 2.87 bits per heavy atom. The summed E-state index contributed by atoms with van der Waals surface area (Å²) in [4.78, 5) is 14.2. The van der Waals surface area contributed by atoms with E-state index in [-0.39, 0.29) is 5.82 Å². The monoisotopic (exact) mass is 206 g/mol. The Balaban J connectivity index is 2.21. The highest BCUT2D eigenvalue weighted by molar-refractivity contribution is 5.68. The smallest absolute Gasteiger partial charge is 0.248 e. The average Bonchev–Trinajstić information content (AvgIpc) is 2.75. The first-order chi connectivity index (χ1) is 7.19. The van der Waals surface area contributed by atoms with Gasteiger partial charge in [-0.15, -0.1) is 0 Å². The van der Waals surface area contributed by atoms with Gasteiger partial charge in [-0.25, -0.2) is 0 Å². The quantitative estimate of drug-likeness (QED) is 0.692. The van der Waals surface area contributed by atoms with Gasteiger partial charge in [-0.3, -0.25) is 9.48 Å². The number of carbonyl (C=O) groups is 1. The van der Waals surface area contributed by atoms with Crippen molar-refractivity contribution in [1.82, 2.24) is 19.9 Å². The van der Waals surface area contributed by atoms with Crippen LogP contribution in [0.2, 0.25) is 0 Å². The van der Waals surface area contributed by atoms with Crippen LogP contribution < -0.4 is 0 Å². The molecule has 0 aromatic carbocycles. The first kappa shape index (κ1) is 9.57. The van der Waals surface area contributed by atoms with Crippen LogP contribution in [0.25, 0.3) is 0 Å². The van der Waals surface area contributed by atoms with Crippen molar-refractivity contribution < 1.29 is 9.32 Å². The minimum atomic E-state index is 0.0616. The highest BCUT2D eigenvalue weighted by Crippen LogP contribution is 2.05. The van der Waals surface area contributed by atoms with Gasteiger partial charge < -0.3 is 4.52 Å². The second kappa shape index (κ2) is 3.64. The molecule has 0 fully saturated rings. The molecule has 2 aromatic rings. The van der Waals surface area contributed by atoms with E-state index in [2.05, 4.69) is 15.2 Å². The minimum absolute atomic E-state index is 0.0616. The predicted octanol–water partition coefficient (Wildman–Crippen LogP) is 0.744. The van der Waals surface area contributed by atoms with Gasteiger partial charge in [-0.05, 0) is 19.9 Å². The van der Waals surface area contributed by atoms with Gasteiger partial charge in [0.1, 0.15) is 6.54 Å². The first-order valence-electron chi connectivity index (χ1n) is 4.48. The third-order valence-electron chi connectivity index (χ3n) is 1.98. The van der Waals surface area contributed by atoms with E-state index < -0.39 is 0 Å². The standard InChI is InChI=1S/C9H10N4O2/c1-6-3-7(2)13(11-6)4-9-10-8(5-14)12-15-9/h3,5H,4H2,1-2H3. The number of hydrogen-bond acceptors (Lipinski definition) is 5. The van der Waals surface area contributed by atoms with E-state index in [4.69, 9.17) is 4.52 Å². The maximum absolute atomic E-state index is 10.3. The lowest BCUT2D eigenvalue weighted by molar-refractivity contribution is 0.111. The summed E-state index contributed by atoms with van der Waals surface area (Å²) in [6.45, 7) is 4.24. The predicted molar refractivity (Wildman–Crippen MR) is 50.5 cm³/mol. The van der Waals surface area contributed by atoms with Crippen LogP contribution in [0.1, 0.15) is 27.9 Å². The zero-order valence-electron chi connectivity index (χ0n) is 8.47. The summed E-state index contributed by atoms with van der Waals surface area (Å²) < 4.78 is 6.62. The number of aryl methyl sites for hydroxylation is 2. The fourth-order valence-corrected chi connectivity index (χ4v) is 1.34. The second-order valence-corrected chi connectivity index (χ2v) is 3.25. The van der Waals surface area contributed by atoms with E-state index in [0.717, 1.165) is 11.4 Å². The third-order valence-corrected chi connectivity index (χ3v) is 1.98. The van der Waals surface area contributed by atoms with Crippen molar-refractivity contribution in [2.24, 2.45) is 0 Å². The SMILES string of the molecule is Cc1cc(C)n(Cc2nc(C=O)no2)n1. The molecule has 15 heavy (non-hydrogen) atoms. The summed E-state index contributed by atoms with van der Waals surface area (Å²) in [6.07, 6.45) is 0.550. The number of carbonyl (C=O) groups excluding carboxylic acids is 1. The molecule has 0 saturated carbocycles. The zero-order chi connectivity index (χ0) is 10.8. The topological polar surface area (TPSA) is 73.8 Å². The Hall–Kier alpha value is -1.98. The van der Waals surface area contributed by atoms with Crippen molar-refractivity contribution >= 4 is 6.29 Å². The molecule has 0 atom stereocenters. The van der Waals surface area contributed by atoms with Gasteiger partial charge in [-0.1, -0.05) is 5.16 Å². The molecule has 0 aliphatic rings. The maximum Gasteiger partial charge on any atom is 0.248 e. The Kier molecular flexibility index (Phi) is 2.32. The Bertz CT molecular complexity index is 486. The summed E-state index contributed by atoms with van der Waals surface area (Å²) in [7, 11) is 0. The molecule has 6 nitrogen and oxygen atoms in total. The molecule has 78 valence electrons. The van der Waals surface area contributed by atoms with E-state index in [0.29, 0.717) is 18.7 Å². The molecular weight excluding hydrogens is 196 g/mol. The molecule has 0 radical (unpaired) electrons. The van der Waals surface area contributed by atoms with Crippen LogP contribution in [-0.2, 0) is 6.54 Å². The van der Waals surface area contributed by atoms with Crippen LogP contribution in [0.3, 0.4) is 0 Å². The summed E-state index contributed by atoms with van der Waals surface area (Å²) in [5.74, 6) is 0.440. The second-order valence-electron chi connectivity index (χ2n) is 3.25. The minimum Gasteiger partial charge on any atom is -0.337 e. The Morgan fingerprint density at radius 2 is 2.33 bits per heavy atom. The molecule has 0 amide bonds. The molecule has 2 aromatic heterocycles. The molecule has 2 rings (SSSR count).